The third kappa shape index (κ3) is 4.58. The number of ether oxygens (including phenoxy) is 1. The molecule has 0 saturated heterocycles. The minimum absolute atomic E-state index is 0.164. The Morgan fingerprint density at radius 1 is 1.17 bits per heavy atom. The Morgan fingerprint density at radius 3 is 2.25 bits per heavy atom. The highest BCUT2D eigenvalue weighted by atomic mass is 16.5. The zero-order chi connectivity index (χ0) is 18.5. The maximum Gasteiger partial charge on any atom is 0.333 e. The van der Waals surface area contributed by atoms with Crippen LogP contribution in [-0.2, 0) is 19.1 Å². The molecule has 6 nitrogen and oxygen atoms in total. The summed E-state index contributed by atoms with van der Waals surface area (Å²) in [6, 6.07) is 0. The van der Waals surface area contributed by atoms with E-state index >= 15 is 0 Å². The van der Waals surface area contributed by atoms with Gasteiger partial charge in [-0.2, -0.15) is 0 Å². The van der Waals surface area contributed by atoms with Gasteiger partial charge in [0.05, 0.1) is 17.9 Å². The van der Waals surface area contributed by atoms with E-state index in [0.717, 1.165) is 0 Å². The summed E-state index contributed by atoms with van der Waals surface area (Å²) in [7, 11) is 0. The average Bonchev–Trinajstić information content (AvgIpc) is 2.49. The third-order valence-electron chi connectivity index (χ3n) is 4.47. The van der Waals surface area contributed by atoms with Crippen molar-refractivity contribution in [3.63, 3.8) is 0 Å². The number of carbonyl (C=O) groups excluding carboxylic acids is 1. The molecule has 2 atom stereocenters. The number of rotatable bonds is 7. The number of hydrogen-bond acceptors (Lipinski definition) is 4. The Labute approximate surface area is 142 Å². The molecule has 0 radical (unpaired) electrons. The third-order valence-corrected chi connectivity index (χ3v) is 4.47. The second-order valence-electron chi connectivity index (χ2n) is 7.23. The summed E-state index contributed by atoms with van der Waals surface area (Å²) in [5, 5.41) is 19.3. The lowest BCUT2D eigenvalue weighted by atomic mass is 9.65. The number of carboxylic acid groups (broad SMARTS) is 2. The van der Waals surface area contributed by atoms with Crippen molar-refractivity contribution in [1.82, 2.24) is 0 Å². The van der Waals surface area contributed by atoms with Gasteiger partial charge < -0.3 is 14.9 Å². The predicted molar refractivity (Wildman–Crippen MR) is 88.4 cm³/mol. The molecule has 2 N–H and O–H groups in total. The molecular formula is C18H28O6. The first-order valence-corrected chi connectivity index (χ1v) is 8.48. The first-order chi connectivity index (χ1) is 11.1. The zero-order valence-corrected chi connectivity index (χ0v) is 14.9. The van der Waals surface area contributed by atoms with Gasteiger partial charge in [-0.15, -0.1) is 0 Å². The molecule has 136 valence electrons. The molecule has 6 heteroatoms. The van der Waals surface area contributed by atoms with Gasteiger partial charge in [0, 0.05) is 5.57 Å². The molecule has 1 rings (SSSR count). The van der Waals surface area contributed by atoms with Crippen LogP contribution in [-0.4, -0.2) is 34.7 Å². The van der Waals surface area contributed by atoms with Crippen molar-refractivity contribution >= 4 is 17.9 Å². The van der Waals surface area contributed by atoms with Gasteiger partial charge in [-0.3, -0.25) is 9.59 Å². The quantitative estimate of drug-likeness (QED) is 0.545. The number of carboxylic acids is 2. The van der Waals surface area contributed by atoms with Crippen LogP contribution in [0.5, 0.6) is 0 Å². The highest BCUT2D eigenvalue weighted by Crippen LogP contribution is 2.44. The number of esters is 1. The standard InChI is InChI=1S/C18H28O6/c1-11(2)10-24-16(21)13(12(3)4)9-18(17(22)23)8-6-5-7-14(18)15(19)20/h9,11-12,14H,5-8,10H2,1-4H3,(H,19,20)(H,22,23). The maximum absolute atomic E-state index is 12.4. The molecule has 0 heterocycles. The lowest BCUT2D eigenvalue weighted by molar-refractivity contribution is -0.161. The summed E-state index contributed by atoms with van der Waals surface area (Å²) in [5.41, 5.74) is -1.31. The van der Waals surface area contributed by atoms with Crippen LogP contribution in [0.2, 0.25) is 0 Å². The second kappa shape index (κ2) is 8.31. The average molecular weight is 340 g/mol. The Bertz CT molecular complexity index is 520. The normalized spacial score (nSPS) is 24.9. The fourth-order valence-corrected chi connectivity index (χ4v) is 3.10. The van der Waals surface area contributed by atoms with Crippen LogP contribution in [0.25, 0.3) is 0 Å². The molecule has 2 unspecified atom stereocenters. The van der Waals surface area contributed by atoms with E-state index in [0.29, 0.717) is 19.3 Å². The smallest absolute Gasteiger partial charge is 0.333 e. The summed E-state index contributed by atoms with van der Waals surface area (Å²) in [6.45, 7) is 7.61. The lowest BCUT2D eigenvalue weighted by Gasteiger charge is -2.37. The van der Waals surface area contributed by atoms with Gasteiger partial charge in [0.1, 0.15) is 0 Å². The van der Waals surface area contributed by atoms with Gasteiger partial charge in [0.2, 0.25) is 0 Å². The topological polar surface area (TPSA) is 101 Å². The van der Waals surface area contributed by atoms with E-state index in [4.69, 9.17) is 4.74 Å². The predicted octanol–water partition coefficient (Wildman–Crippen LogP) is 3.11. The fraction of sp³-hybridized carbons (Fsp3) is 0.722. The summed E-state index contributed by atoms with van der Waals surface area (Å²) in [5.74, 6) is -4.00. The number of aliphatic carboxylic acids is 2. The van der Waals surface area contributed by atoms with E-state index in [9.17, 15) is 24.6 Å². The minimum atomic E-state index is -1.56. The van der Waals surface area contributed by atoms with Gasteiger partial charge in [-0.25, -0.2) is 4.79 Å². The van der Waals surface area contributed by atoms with Crippen molar-refractivity contribution in [1.29, 1.82) is 0 Å². The molecule has 0 bridgehead atoms. The van der Waals surface area contributed by atoms with Gasteiger partial charge in [0.15, 0.2) is 0 Å². The van der Waals surface area contributed by atoms with Crippen molar-refractivity contribution < 1.29 is 29.3 Å². The van der Waals surface area contributed by atoms with E-state index in [-0.39, 0.29) is 30.4 Å². The van der Waals surface area contributed by atoms with Crippen LogP contribution < -0.4 is 0 Å². The molecule has 0 aromatic carbocycles. The highest BCUT2D eigenvalue weighted by molar-refractivity contribution is 5.92. The number of carbonyl (C=O) groups is 3. The molecule has 1 fully saturated rings. The van der Waals surface area contributed by atoms with Gasteiger partial charge >= 0.3 is 17.9 Å². The Hall–Kier alpha value is -1.85. The Balaban J connectivity index is 3.29. The summed E-state index contributed by atoms with van der Waals surface area (Å²) >= 11 is 0. The summed E-state index contributed by atoms with van der Waals surface area (Å²) in [4.78, 5) is 36.0. The Kier molecular flexibility index (Phi) is 6.99. The molecule has 0 aromatic heterocycles. The lowest BCUT2D eigenvalue weighted by Crippen LogP contribution is -2.44. The molecule has 1 aliphatic rings. The van der Waals surface area contributed by atoms with E-state index in [1.54, 1.807) is 13.8 Å². The first kappa shape index (κ1) is 20.2. The zero-order valence-electron chi connectivity index (χ0n) is 14.9. The molecular weight excluding hydrogens is 312 g/mol. The minimum Gasteiger partial charge on any atom is -0.481 e. The van der Waals surface area contributed by atoms with E-state index in [2.05, 4.69) is 0 Å². The fourth-order valence-electron chi connectivity index (χ4n) is 3.10. The van der Waals surface area contributed by atoms with Crippen molar-refractivity contribution in [2.24, 2.45) is 23.2 Å². The van der Waals surface area contributed by atoms with Crippen LogP contribution in [0.15, 0.2) is 11.6 Å². The largest absolute Gasteiger partial charge is 0.481 e. The molecule has 0 spiro atoms. The van der Waals surface area contributed by atoms with E-state index in [1.807, 2.05) is 13.8 Å². The van der Waals surface area contributed by atoms with E-state index in [1.165, 1.54) is 6.08 Å². The molecule has 0 amide bonds. The van der Waals surface area contributed by atoms with Crippen LogP contribution in [0.1, 0.15) is 53.4 Å². The first-order valence-electron chi connectivity index (χ1n) is 8.48. The van der Waals surface area contributed by atoms with Crippen LogP contribution in [0, 0.1) is 23.2 Å². The Morgan fingerprint density at radius 2 is 1.79 bits per heavy atom. The van der Waals surface area contributed by atoms with Crippen molar-refractivity contribution in [2.45, 2.75) is 53.4 Å². The molecule has 1 aliphatic carbocycles. The highest BCUT2D eigenvalue weighted by Gasteiger charge is 2.50. The van der Waals surface area contributed by atoms with Gasteiger partial charge in [-0.05, 0) is 24.7 Å². The maximum atomic E-state index is 12.4. The van der Waals surface area contributed by atoms with Crippen LogP contribution in [0.3, 0.4) is 0 Å². The van der Waals surface area contributed by atoms with Gasteiger partial charge in [-0.1, -0.05) is 46.6 Å². The summed E-state index contributed by atoms with van der Waals surface area (Å²) in [6.07, 6.45) is 3.17. The number of hydrogen-bond donors (Lipinski definition) is 2. The molecule has 0 aliphatic heterocycles. The monoisotopic (exact) mass is 340 g/mol. The van der Waals surface area contributed by atoms with Crippen LogP contribution in [0.4, 0.5) is 0 Å². The molecule has 0 aromatic rings. The van der Waals surface area contributed by atoms with E-state index < -0.39 is 29.2 Å². The van der Waals surface area contributed by atoms with Crippen molar-refractivity contribution in [3.8, 4) is 0 Å². The van der Waals surface area contributed by atoms with Crippen molar-refractivity contribution in [2.75, 3.05) is 6.61 Å². The van der Waals surface area contributed by atoms with Crippen molar-refractivity contribution in [3.05, 3.63) is 11.6 Å². The van der Waals surface area contributed by atoms with Crippen LogP contribution >= 0.6 is 0 Å². The molecule has 24 heavy (non-hydrogen) atoms. The second-order valence-corrected chi connectivity index (χ2v) is 7.23. The summed E-state index contributed by atoms with van der Waals surface area (Å²) < 4.78 is 5.24. The SMILES string of the molecule is CC(C)COC(=O)C(=CC1(C(=O)O)CCCCC1C(=O)O)C(C)C. The van der Waals surface area contributed by atoms with Gasteiger partial charge in [0.25, 0.3) is 0 Å². The molecule has 1 saturated carbocycles.